The molecule has 0 aliphatic carbocycles. The van der Waals surface area contributed by atoms with Crippen molar-refractivity contribution in [1.82, 2.24) is 0 Å². The van der Waals surface area contributed by atoms with Crippen molar-refractivity contribution in [2.45, 2.75) is 4.90 Å². The van der Waals surface area contributed by atoms with E-state index in [0.717, 1.165) is 28.0 Å². The molecular weight excluding hydrogens is 206 g/mol. The summed E-state index contributed by atoms with van der Waals surface area (Å²) < 4.78 is 0. The van der Waals surface area contributed by atoms with Crippen LogP contribution in [0.3, 0.4) is 0 Å². The van der Waals surface area contributed by atoms with E-state index >= 15 is 0 Å². The highest BCUT2D eigenvalue weighted by molar-refractivity contribution is 7.97. The van der Waals surface area contributed by atoms with Crippen LogP contribution in [0.1, 0.15) is 0 Å². The Hall–Kier alpha value is -1.45. The zero-order valence-corrected chi connectivity index (χ0v) is 8.87. The minimum absolute atomic E-state index is 0.261. The summed E-state index contributed by atoms with van der Waals surface area (Å²) in [5.74, 6) is 0.261. The van der Waals surface area contributed by atoms with Crippen molar-refractivity contribution < 1.29 is 5.11 Å². The van der Waals surface area contributed by atoms with Crippen LogP contribution in [0.2, 0.25) is 0 Å². The average Bonchev–Trinajstić information content (AvgIpc) is 2.29. The van der Waals surface area contributed by atoms with Gasteiger partial charge in [0.05, 0.1) is 0 Å². The molecule has 0 heterocycles. The van der Waals surface area contributed by atoms with Crippen molar-refractivity contribution in [3.8, 4) is 16.9 Å². The molecule has 0 fully saturated rings. The van der Waals surface area contributed by atoms with E-state index in [-0.39, 0.29) is 5.75 Å². The predicted molar refractivity (Wildman–Crippen MR) is 63.6 cm³/mol. The summed E-state index contributed by atoms with van der Waals surface area (Å²) in [6.07, 6.45) is 0. The summed E-state index contributed by atoms with van der Waals surface area (Å²) in [4.78, 5) is 0.876. The van der Waals surface area contributed by atoms with E-state index < -0.39 is 0 Å². The van der Waals surface area contributed by atoms with Gasteiger partial charge in [-0.2, -0.15) is 0 Å². The van der Waals surface area contributed by atoms with Crippen LogP contribution in [0.5, 0.6) is 5.75 Å². The molecule has 0 saturated carbocycles. The Morgan fingerprint density at radius 2 is 1.67 bits per heavy atom. The van der Waals surface area contributed by atoms with Gasteiger partial charge in [0, 0.05) is 10.5 Å². The SMILES string of the molecule is NSc1cccc(O)c1-c1ccccc1. The van der Waals surface area contributed by atoms with Crippen molar-refractivity contribution in [1.29, 1.82) is 0 Å². The summed E-state index contributed by atoms with van der Waals surface area (Å²) in [5.41, 5.74) is 1.77. The smallest absolute Gasteiger partial charge is 0.124 e. The molecule has 0 atom stereocenters. The number of aromatic hydroxyl groups is 1. The Balaban J connectivity index is 2.61. The van der Waals surface area contributed by atoms with Crippen molar-refractivity contribution in [3.05, 3.63) is 48.5 Å². The lowest BCUT2D eigenvalue weighted by atomic mass is 10.0. The second-order valence-electron chi connectivity index (χ2n) is 3.13. The summed E-state index contributed by atoms with van der Waals surface area (Å²) in [7, 11) is 0. The molecular formula is C12H11NOS. The summed E-state index contributed by atoms with van der Waals surface area (Å²) in [6.45, 7) is 0. The van der Waals surface area contributed by atoms with Crippen LogP contribution in [0.25, 0.3) is 11.1 Å². The number of hydrogen-bond acceptors (Lipinski definition) is 3. The van der Waals surface area contributed by atoms with E-state index in [1.807, 2.05) is 36.4 Å². The van der Waals surface area contributed by atoms with Gasteiger partial charge in [-0.25, -0.2) is 0 Å². The van der Waals surface area contributed by atoms with Gasteiger partial charge in [-0.05, 0) is 29.6 Å². The molecule has 3 N–H and O–H groups in total. The minimum atomic E-state index is 0.261. The number of phenols is 1. The third-order valence-corrected chi connectivity index (χ3v) is 2.79. The average molecular weight is 217 g/mol. The third kappa shape index (κ3) is 1.98. The Morgan fingerprint density at radius 1 is 0.933 bits per heavy atom. The Kier molecular flexibility index (Phi) is 2.94. The van der Waals surface area contributed by atoms with Gasteiger partial charge in [-0.15, -0.1) is 0 Å². The molecule has 2 aromatic rings. The van der Waals surface area contributed by atoms with Crippen LogP contribution in [0.4, 0.5) is 0 Å². The van der Waals surface area contributed by atoms with Crippen LogP contribution in [-0.2, 0) is 0 Å². The van der Waals surface area contributed by atoms with E-state index in [1.54, 1.807) is 12.1 Å². The highest BCUT2D eigenvalue weighted by atomic mass is 32.2. The van der Waals surface area contributed by atoms with Crippen LogP contribution in [-0.4, -0.2) is 5.11 Å². The fraction of sp³-hybridized carbons (Fsp3) is 0. The monoisotopic (exact) mass is 217 g/mol. The van der Waals surface area contributed by atoms with Crippen molar-refractivity contribution >= 4 is 11.9 Å². The van der Waals surface area contributed by atoms with E-state index in [9.17, 15) is 5.11 Å². The molecule has 15 heavy (non-hydrogen) atoms. The Morgan fingerprint density at radius 3 is 2.33 bits per heavy atom. The fourth-order valence-corrected chi connectivity index (χ4v) is 2.01. The molecule has 0 unspecified atom stereocenters. The molecule has 0 bridgehead atoms. The second kappa shape index (κ2) is 4.38. The van der Waals surface area contributed by atoms with Gasteiger partial charge in [0.2, 0.25) is 0 Å². The van der Waals surface area contributed by atoms with Gasteiger partial charge in [0.1, 0.15) is 5.75 Å². The van der Waals surface area contributed by atoms with Crippen LogP contribution < -0.4 is 5.14 Å². The number of phenolic OH excluding ortho intramolecular Hbond substituents is 1. The van der Waals surface area contributed by atoms with E-state index in [4.69, 9.17) is 5.14 Å². The standard InChI is InChI=1S/C12H11NOS/c13-15-11-8-4-7-10(14)12(11)9-5-2-1-3-6-9/h1-8,14H,13H2. The quantitative estimate of drug-likeness (QED) is 0.760. The maximum atomic E-state index is 9.81. The third-order valence-electron chi connectivity index (χ3n) is 2.19. The zero-order valence-electron chi connectivity index (χ0n) is 8.05. The molecule has 0 aliphatic rings. The van der Waals surface area contributed by atoms with Crippen molar-refractivity contribution in [2.75, 3.05) is 0 Å². The summed E-state index contributed by atoms with van der Waals surface area (Å²) >= 11 is 1.14. The molecule has 2 rings (SSSR count). The molecule has 3 heteroatoms. The second-order valence-corrected chi connectivity index (χ2v) is 3.81. The minimum Gasteiger partial charge on any atom is -0.507 e. The highest BCUT2D eigenvalue weighted by Crippen LogP contribution is 2.35. The first-order valence-electron chi connectivity index (χ1n) is 4.57. The number of benzene rings is 2. The maximum absolute atomic E-state index is 9.81. The lowest BCUT2D eigenvalue weighted by Crippen LogP contribution is -1.86. The molecule has 0 aromatic heterocycles. The maximum Gasteiger partial charge on any atom is 0.124 e. The highest BCUT2D eigenvalue weighted by Gasteiger charge is 2.08. The van der Waals surface area contributed by atoms with Crippen molar-refractivity contribution in [2.24, 2.45) is 5.14 Å². The molecule has 2 aromatic carbocycles. The number of nitrogens with two attached hydrogens (primary N) is 1. The van der Waals surface area contributed by atoms with Gasteiger partial charge in [-0.3, -0.25) is 5.14 Å². The zero-order chi connectivity index (χ0) is 10.7. The van der Waals surface area contributed by atoms with E-state index in [2.05, 4.69) is 0 Å². The fourth-order valence-electron chi connectivity index (χ4n) is 1.51. The topological polar surface area (TPSA) is 46.2 Å². The van der Waals surface area contributed by atoms with Gasteiger partial charge in [0.15, 0.2) is 0 Å². The largest absolute Gasteiger partial charge is 0.507 e. The molecule has 0 amide bonds. The molecule has 0 spiro atoms. The first-order chi connectivity index (χ1) is 7.33. The predicted octanol–water partition coefficient (Wildman–Crippen LogP) is 3.03. The van der Waals surface area contributed by atoms with Crippen LogP contribution in [0.15, 0.2) is 53.4 Å². The number of hydrogen-bond donors (Lipinski definition) is 2. The molecule has 0 radical (unpaired) electrons. The van der Waals surface area contributed by atoms with E-state index in [1.165, 1.54) is 0 Å². The number of rotatable bonds is 2. The summed E-state index contributed by atoms with van der Waals surface area (Å²) in [6, 6.07) is 15.1. The van der Waals surface area contributed by atoms with Crippen LogP contribution >= 0.6 is 11.9 Å². The van der Waals surface area contributed by atoms with Crippen LogP contribution in [0, 0.1) is 0 Å². The summed E-state index contributed by atoms with van der Waals surface area (Å²) in [5, 5.41) is 15.4. The van der Waals surface area contributed by atoms with Gasteiger partial charge < -0.3 is 5.11 Å². The molecule has 2 nitrogen and oxygen atoms in total. The Bertz CT molecular complexity index is 456. The molecule has 0 aliphatic heterocycles. The van der Waals surface area contributed by atoms with Gasteiger partial charge in [-0.1, -0.05) is 36.4 Å². The normalized spacial score (nSPS) is 10.2. The first-order valence-corrected chi connectivity index (χ1v) is 5.45. The van der Waals surface area contributed by atoms with Crippen molar-refractivity contribution in [3.63, 3.8) is 0 Å². The lowest BCUT2D eigenvalue weighted by Gasteiger charge is -2.08. The van der Waals surface area contributed by atoms with E-state index in [0.29, 0.717) is 0 Å². The molecule has 0 saturated heterocycles. The van der Waals surface area contributed by atoms with Gasteiger partial charge >= 0.3 is 0 Å². The Labute approximate surface area is 92.9 Å². The lowest BCUT2D eigenvalue weighted by molar-refractivity contribution is 0.476. The van der Waals surface area contributed by atoms with Gasteiger partial charge in [0.25, 0.3) is 0 Å². The molecule has 76 valence electrons. The first kappa shape index (κ1) is 10.1.